The molecule has 0 radical (unpaired) electrons. The lowest BCUT2D eigenvalue weighted by Gasteiger charge is -2.06. The van der Waals surface area contributed by atoms with Gasteiger partial charge in [0.2, 0.25) is 5.76 Å². The minimum Gasteiger partial charge on any atom is -0.475 e. The van der Waals surface area contributed by atoms with Crippen molar-refractivity contribution in [1.29, 1.82) is 0 Å². The Morgan fingerprint density at radius 1 is 1.47 bits per heavy atom. The van der Waals surface area contributed by atoms with Gasteiger partial charge in [-0.25, -0.2) is 4.79 Å². The third kappa shape index (κ3) is 5.89. The molecular weight excluding hydrogens is 246 g/mol. The third-order valence-electron chi connectivity index (χ3n) is 2.72. The first-order valence-corrected chi connectivity index (χ1v) is 6.61. The number of furan rings is 1. The normalized spacial score (nSPS) is 11.2. The topological polar surface area (TPSA) is 71.7 Å². The van der Waals surface area contributed by atoms with Gasteiger partial charge in [0.15, 0.2) is 0 Å². The summed E-state index contributed by atoms with van der Waals surface area (Å²) < 4.78 is 10.7. The summed E-state index contributed by atoms with van der Waals surface area (Å²) in [4.78, 5) is 10.8. The molecule has 1 rings (SSSR count). The summed E-state index contributed by atoms with van der Waals surface area (Å²) in [5.74, 6) is 0.288. The van der Waals surface area contributed by atoms with Gasteiger partial charge in [-0.05, 0) is 25.3 Å². The van der Waals surface area contributed by atoms with Crippen LogP contribution in [0.3, 0.4) is 0 Å². The van der Waals surface area contributed by atoms with E-state index in [4.69, 9.17) is 14.3 Å². The highest BCUT2D eigenvalue weighted by atomic mass is 16.5. The maximum atomic E-state index is 10.8. The molecule has 1 aromatic heterocycles. The molecule has 0 aromatic carbocycles. The van der Waals surface area contributed by atoms with Crippen molar-refractivity contribution in [1.82, 2.24) is 5.32 Å². The molecule has 2 N–H and O–H groups in total. The Balaban J connectivity index is 2.16. The van der Waals surface area contributed by atoms with Crippen LogP contribution in [0.1, 0.15) is 42.1 Å². The molecule has 1 heterocycles. The van der Waals surface area contributed by atoms with E-state index in [0.29, 0.717) is 30.4 Å². The maximum absolute atomic E-state index is 10.8. The van der Waals surface area contributed by atoms with Gasteiger partial charge in [-0.1, -0.05) is 13.8 Å². The summed E-state index contributed by atoms with van der Waals surface area (Å²) in [5, 5.41) is 12.0. The smallest absolute Gasteiger partial charge is 0.372 e. The predicted octanol–water partition coefficient (Wildman–Crippen LogP) is 2.44. The van der Waals surface area contributed by atoms with Crippen molar-refractivity contribution in [2.75, 3.05) is 19.8 Å². The standard InChI is InChI=1S/C14H23NO4/c1-10(2)4-6-18-7-5-15-9-12-8-11(3)13(19-12)14(16)17/h8,10,15H,4-7,9H2,1-3H3,(H,16,17). The number of nitrogens with one attached hydrogen (secondary N) is 1. The molecule has 5 heteroatoms. The number of carbonyl (C=O) groups is 1. The van der Waals surface area contributed by atoms with Crippen LogP contribution in [0.15, 0.2) is 10.5 Å². The first-order valence-electron chi connectivity index (χ1n) is 6.61. The van der Waals surface area contributed by atoms with Crippen molar-refractivity contribution >= 4 is 5.97 Å². The Labute approximate surface area is 113 Å². The van der Waals surface area contributed by atoms with E-state index >= 15 is 0 Å². The Kier molecular flexibility index (Phi) is 6.59. The zero-order valence-corrected chi connectivity index (χ0v) is 11.9. The van der Waals surface area contributed by atoms with Gasteiger partial charge in [0.05, 0.1) is 13.2 Å². The van der Waals surface area contributed by atoms with E-state index in [1.54, 1.807) is 13.0 Å². The van der Waals surface area contributed by atoms with Gasteiger partial charge >= 0.3 is 5.97 Å². The van der Waals surface area contributed by atoms with Gasteiger partial charge in [-0.3, -0.25) is 0 Å². The molecule has 0 aliphatic rings. The van der Waals surface area contributed by atoms with Crippen molar-refractivity contribution in [3.8, 4) is 0 Å². The van der Waals surface area contributed by atoms with Crippen molar-refractivity contribution in [3.63, 3.8) is 0 Å². The van der Waals surface area contributed by atoms with Crippen LogP contribution in [0, 0.1) is 12.8 Å². The second-order valence-corrected chi connectivity index (χ2v) is 5.00. The first kappa shape index (κ1) is 15.7. The molecule has 0 unspecified atom stereocenters. The van der Waals surface area contributed by atoms with Crippen LogP contribution >= 0.6 is 0 Å². The third-order valence-corrected chi connectivity index (χ3v) is 2.72. The SMILES string of the molecule is Cc1cc(CNCCOCCC(C)C)oc1C(=O)O. The molecule has 5 nitrogen and oxygen atoms in total. The molecule has 0 fully saturated rings. The fourth-order valence-corrected chi connectivity index (χ4v) is 1.62. The number of rotatable bonds is 9. The van der Waals surface area contributed by atoms with Gasteiger partial charge in [-0.15, -0.1) is 0 Å². The van der Waals surface area contributed by atoms with Crippen LogP contribution in [0.25, 0.3) is 0 Å². The number of hydrogen-bond donors (Lipinski definition) is 2. The van der Waals surface area contributed by atoms with Crippen LogP contribution in [0.2, 0.25) is 0 Å². The minimum atomic E-state index is -1.03. The molecule has 1 aromatic rings. The minimum absolute atomic E-state index is 0.0185. The zero-order valence-electron chi connectivity index (χ0n) is 11.9. The molecule has 0 atom stereocenters. The van der Waals surface area contributed by atoms with Crippen molar-refractivity contribution in [3.05, 3.63) is 23.2 Å². The maximum Gasteiger partial charge on any atom is 0.372 e. The summed E-state index contributed by atoms with van der Waals surface area (Å²) in [7, 11) is 0. The summed E-state index contributed by atoms with van der Waals surface area (Å²) in [5.41, 5.74) is 0.650. The lowest BCUT2D eigenvalue weighted by Crippen LogP contribution is -2.19. The highest BCUT2D eigenvalue weighted by Crippen LogP contribution is 2.14. The molecule has 0 saturated carbocycles. The second-order valence-electron chi connectivity index (χ2n) is 5.00. The lowest BCUT2D eigenvalue weighted by molar-refractivity contribution is 0.0659. The molecule has 0 bridgehead atoms. The number of carboxylic acids is 1. The zero-order chi connectivity index (χ0) is 14.3. The Hall–Kier alpha value is -1.33. The van der Waals surface area contributed by atoms with Gasteiger partial charge in [0.1, 0.15) is 5.76 Å². The average Bonchev–Trinajstić information content (AvgIpc) is 2.69. The van der Waals surface area contributed by atoms with Gasteiger partial charge in [0.25, 0.3) is 0 Å². The summed E-state index contributed by atoms with van der Waals surface area (Å²) in [6.45, 7) is 8.73. The van der Waals surface area contributed by atoms with Gasteiger partial charge < -0.3 is 19.6 Å². The number of carboxylic acid groups (broad SMARTS) is 1. The van der Waals surface area contributed by atoms with Gasteiger partial charge in [0, 0.05) is 18.7 Å². The van der Waals surface area contributed by atoms with E-state index in [-0.39, 0.29) is 5.76 Å². The highest BCUT2D eigenvalue weighted by Gasteiger charge is 2.13. The fourth-order valence-electron chi connectivity index (χ4n) is 1.62. The van der Waals surface area contributed by atoms with Crippen LogP contribution in [0.5, 0.6) is 0 Å². The lowest BCUT2D eigenvalue weighted by atomic mass is 10.1. The van der Waals surface area contributed by atoms with Crippen molar-refractivity contribution in [2.45, 2.75) is 33.7 Å². The van der Waals surface area contributed by atoms with Crippen LogP contribution in [-0.2, 0) is 11.3 Å². The summed E-state index contributed by atoms with van der Waals surface area (Å²) in [6.07, 6.45) is 1.07. The number of aromatic carboxylic acids is 1. The quantitative estimate of drug-likeness (QED) is 0.674. The van der Waals surface area contributed by atoms with Crippen molar-refractivity contribution in [2.24, 2.45) is 5.92 Å². The molecule has 108 valence electrons. The largest absolute Gasteiger partial charge is 0.475 e. The first-order chi connectivity index (χ1) is 9.00. The van der Waals surface area contributed by atoms with E-state index in [1.807, 2.05) is 0 Å². The molecule has 19 heavy (non-hydrogen) atoms. The molecule has 0 amide bonds. The van der Waals surface area contributed by atoms with Crippen molar-refractivity contribution < 1.29 is 19.1 Å². The monoisotopic (exact) mass is 269 g/mol. The highest BCUT2D eigenvalue weighted by molar-refractivity contribution is 5.86. The fraction of sp³-hybridized carbons (Fsp3) is 0.643. The Bertz CT molecular complexity index is 398. The Morgan fingerprint density at radius 3 is 2.79 bits per heavy atom. The molecular formula is C14H23NO4. The second kappa shape index (κ2) is 7.96. The number of aryl methyl sites for hydroxylation is 1. The molecule has 0 aliphatic carbocycles. The van der Waals surface area contributed by atoms with E-state index in [0.717, 1.165) is 19.6 Å². The summed E-state index contributed by atoms with van der Waals surface area (Å²) in [6, 6.07) is 1.75. The van der Waals surface area contributed by atoms with Crippen LogP contribution < -0.4 is 5.32 Å². The average molecular weight is 269 g/mol. The van der Waals surface area contributed by atoms with Crippen LogP contribution in [0.4, 0.5) is 0 Å². The molecule has 0 spiro atoms. The predicted molar refractivity (Wildman–Crippen MR) is 72.4 cm³/mol. The van der Waals surface area contributed by atoms with E-state index in [1.165, 1.54) is 0 Å². The van der Waals surface area contributed by atoms with E-state index in [2.05, 4.69) is 19.2 Å². The van der Waals surface area contributed by atoms with Gasteiger partial charge in [-0.2, -0.15) is 0 Å². The van der Waals surface area contributed by atoms with Crippen LogP contribution in [-0.4, -0.2) is 30.8 Å². The molecule has 0 saturated heterocycles. The number of hydrogen-bond acceptors (Lipinski definition) is 4. The Morgan fingerprint density at radius 2 is 2.21 bits per heavy atom. The van der Waals surface area contributed by atoms with E-state index < -0.39 is 5.97 Å². The molecule has 0 aliphatic heterocycles. The van der Waals surface area contributed by atoms with E-state index in [9.17, 15) is 4.79 Å². The summed E-state index contributed by atoms with van der Waals surface area (Å²) >= 11 is 0. The number of ether oxygens (including phenoxy) is 1.